The Bertz CT molecular complexity index is 500. The normalized spacial score (nSPS) is 25.4. The van der Waals surface area contributed by atoms with Gasteiger partial charge in [0.25, 0.3) is 5.91 Å². The summed E-state index contributed by atoms with van der Waals surface area (Å²) in [5, 5.41) is 3.62. The molecule has 0 radical (unpaired) electrons. The maximum atomic E-state index is 12.7. The van der Waals surface area contributed by atoms with Gasteiger partial charge in [-0.3, -0.25) is 4.79 Å². The molecule has 2 aliphatic rings. The summed E-state index contributed by atoms with van der Waals surface area (Å²) in [7, 11) is 4.00. The van der Waals surface area contributed by atoms with Crippen LogP contribution >= 0.6 is 0 Å². The quantitative estimate of drug-likeness (QED) is 0.891. The summed E-state index contributed by atoms with van der Waals surface area (Å²) in [6, 6.07) is 9.01. The summed E-state index contributed by atoms with van der Waals surface area (Å²) in [6.45, 7) is 1.72. The Labute approximate surface area is 120 Å². The minimum Gasteiger partial charge on any atom is -0.378 e. The molecule has 1 aromatic carbocycles. The molecule has 20 heavy (non-hydrogen) atoms. The lowest BCUT2D eigenvalue weighted by atomic mass is 10.1. The molecule has 4 nitrogen and oxygen atoms in total. The number of hydrogen-bond donors (Lipinski definition) is 1. The van der Waals surface area contributed by atoms with Gasteiger partial charge in [-0.05, 0) is 37.5 Å². The molecule has 4 heteroatoms. The van der Waals surface area contributed by atoms with Gasteiger partial charge in [-0.15, -0.1) is 0 Å². The topological polar surface area (TPSA) is 35.6 Å². The summed E-state index contributed by atoms with van der Waals surface area (Å²) in [4.78, 5) is 16.7. The molecule has 0 spiro atoms. The first-order valence-corrected chi connectivity index (χ1v) is 7.46. The summed E-state index contributed by atoms with van der Waals surface area (Å²) in [6.07, 6.45) is 3.55. The molecule has 2 unspecified atom stereocenters. The van der Waals surface area contributed by atoms with Gasteiger partial charge >= 0.3 is 0 Å². The molecule has 2 bridgehead atoms. The van der Waals surface area contributed by atoms with E-state index in [1.807, 2.05) is 48.2 Å². The number of amides is 1. The molecule has 2 heterocycles. The molecule has 3 rings (SSSR count). The van der Waals surface area contributed by atoms with E-state index in [4.69, 9.17) is 0 Å². The van der Waals surface area contributed by atoms with Crippen molar-refractivity contribution >= 4 is 11.6 Å². The van der Waals surface area contributed by atoms with Crippen molar-refractivity contribution in [3.63, 3.8) is 0 Å². The standard InChI is InChI=1S/C16H23N3O/c1-18(2)15-5-3-4-12(10-15)16(20)19-9-8-13-6-7-14(11-19)17-13/h3-5,10,13-14,17H,6-9,11H2,1-2H3. The highest BCUT2D eigenvalue weighted by atomic mass is 16.2. The summed E-state index contributed by atoms with van der Waals surface area (Å²) in [5.41, 5.74) is 1.87. The van der Waals surface area contributed by atoms with Gasteiger partial charge in [-0.2, -0.15) is 0 Å². The Hall–Kier alpha value is -1.55. The van der Waals surface area contributed by atoms with Gasteiger partial charge in [0, 0.05) is 50.5 Å². The molecule has 2 atom stereocenters. The zero-order chi connectivity index (χ0) is 14.1. The van der Waals surface area contributed by atoms with E-state index in [9.17, 15) is 4.79 Å². The number of likely N-dealkylation sites (tertiary alicyclic amines) is 1. The maximum Gasteiger partial charge on any atom is 0.253 e. The Morgan fingerprint density at radius 1 is 1.25 bits per heavy atom. The highest BCUT2D eigenvalue weighted by Crippen LogP contribution is 2.22. The van der Waals surface area contributed by atoms with Crippen molar-refractivity contribution in [2.75, 3.05) is 32.1 Å². The van der Waals surface area contributed by atoms with Gasteiger partial charge in [0.2, 0.25) is 0 Å². The molecule has 0 saturated carbocycles. The number of carbonyl (C=O) groups excluding carboxylic acids is 1. The number of nitrogens with zero attached hydrogens (tertiary/aromatic N) is 2. The third-order valence-electron chi connectivity index (χ3n) is 4.42. The third-order valence-corrected chi connectivity index (χ3v) is 4.42. The fraction of sp³-hybridized carbons (Fsp3) is 0.562. The van der Waals surface area contributed by atoms with E-state index >= 15 is 0 Å². The van der Waals surface area contributed by atoms with Crippen LogP contribution in [0.25, 0.3) is 0 Å². The van der Waals surface area contributed by atoms with E-state index in [0.29, 0.717) is 12.1 Å². The number of anilines is 1. The van der Waals surface area contributed by atoms with Crippen LogP contribution in [0.4, 0.5) is 5.69 Å². The van der Waals surface area contributed by atoms with Gasteiger partial charge in [-0.25, -0.2) is 0 Å². The smallest absolute Gasteiger partial charge is 0.253 e. The number of rotatable bonds is 2. The van der Waals surface area contributed by atoms with Crippen molar-refractivity contribution in [2.24, 2.45) is 0 Å². The molecule has 1 N–H and O–H groups in total. The second-order valence-corrected chi connectivity index (χ2v) is 6.12. The van der Waals surface area contributed by atoms with Crippen LogP contribution in [0.15, 0.2) is 24.3 Å². The van der Waals surface area contributed by atoms with Gasteiger partial charge in [0.15, 0.2) is 0 Å². The summed E-state index contributed by atoms with van der Waals surface area (Å²) < 4.78 is 0. The van der Waals surface area contributed by atoms with Gasteiger partial charge in [0.05, 0.1) is 0 Å². The minimum atomic E-state index is 0.169. The minimum absolute atomic E-state index is 0.169. The van der Waals surface area contributed by atoms with E-state index in [0.717, 1.165) is 30.8 Å². The lowest BCUT2D eigenvalue weighted by molar-refractivity contribution is 0.0748. The van der Waals surface area contributed by atoms with E-state index in [-0.39, 0.29) is 5.91 Å². The number of nitrogens with one attached hydrogen (secondary N) is 1. The van der Waals surface area contributed by atoms with Crippen LogP contribution in [0.5, 0.6) is 0 Å². The fourth-order valence-electron chi connectivity index (χ4n) is 3.23. The summed E-state index contributed by atoms with van der Waals surface area (Å²) >= 11 is 0. The molecular weight excluding hydrogens is 250 g/mol. The van der Waals surface area contributed by atoms with Crippen molar-refractivity contribution in [1.82, 2.24) is 10.2 Å². The average molecular weight is 273 g/mol. The lowest BCUT2D eigenvalue weighted by Gasteiger charge is -2.25. The molecule has 2 fully saturated rings. The highest BCUT2D eigenvalue weighted by Gasteiger charge is 2.31. The van der Waals surface area contributed by atoms with Crippen LogP contribution in [-0.4, -0.2) is 50.1 Å². The first-order valence-electron chi connectivity index (χ1n) is 7.46. The van der Waals surface area contributed by atoms with E-state index in [1.165, 1.54) is 12.8 Å². The Morgan fingerprint density at radius 3 is 2.85 bits per heavy atom. The van der Waals surface area contributed by atoms with Crippen molar-refractivity contribution in [3.8, 4) is 0 Å². The summed E-state index contributed by atoms with van der Waals surface area (Å²) in [5.74, 6) is 0.169. The second-order valence-electron chi connectivity index (χ2n) is 6.12. The van der Waals surface area contributed by atoms with Crippen LogP contribution in [0.2, 0.25) is 0 Å². The molecular formula is C16H23N3O. The zero-order valence-electron chi connectivity index (χ0n) is 12.3. The van der Waals surface area contributed by atoms with Gasteiger partial charge < -0.3 is 15.1 Å². The number of hydrogen-bond acceptors (Lipinski definition) is 3. The van der Waals surface area contributed by atoms with Crippen molar-refractivity contribution < 1.29 is 4.79 Å². The molecule has 1 aromatic rings. The average Bonchev–Trinajstić information content (AvgIpc) is 2.78. The van der Waals surface area contributed by atoms with Crippen LogP contribution in [-0.2, 0) is 0 Å². The van der Waals surface area contributed by atoms with E-state index in [2.05, 4.69) is 5.32 Å². The van der Waals surface area contributed by atoms with E-state index in [1.54, 1.807) is 0 Å². The highest BCUT2D eigenvalue weighted by molar-refractivity contribution is 5.95. The van der Waals surface area contributed by atoms with Crippen LogP contribution in [0.1, 0.15) is 29.6 Å². The Kier molecular flexibility index (Phi) is 3.66. The monoisotopic (exact) mass is 273 g/mol. The van der Waals surface area contributed by atoms with Crippen LogP contribution < -0.4 is 10.2 Å². The van der Waals surface area contributed by atoms with Crippen LogP contribution in [0.3, 0.4) is 0 Å². The van der Waals surface area contributed by atoms with Gasteiger partial charge in [0.1, 0.15) is 0 Å². The number of benzene rings is 1. The van der Waals surface area contributed by atoms with Crippen molar-refractivity contribution in [1.29, 1.82) is 0 Å². The van der Waals surface area contributed by atoms with Crippen molar-refractivity contribution in [3.05, 3.63) is 29.8 Å². The predicted octanol–water partition coefficient (Wildman–Crippen LogP) is 1.72. The first-order chi connectivity index (χ1) is 9.63. The SMILES string of the molecule is CN(C)c1cccc(C(=O)N2CCC3CCC(C2)N3)c1. The molecule has 108 valence electrons. The largest absolute Gasteiger partial charge is 0.378 e. The molecule has 0 aromatic heterocycles. The van der Waals surface area contributed by atoms with Crippen molar-refractivity contribution in [2.45, 2.75) is 31.3 Å². The second kappa shape index (κ2) is 5.44. The number of carbonyl (C=O) groups is 1. The predicted molar refractivity (Wildman–Crippen MR) is 81.2 cm³/mol. The Morgan fingerprint density at radius 2 is 2.05 bits per heavy atom. The third kappa shape index (κ3) is 2.66. The number of fused-ring (bicyclic) bond motifs is 2. The fourth-order valence-corrected chi connectivity index (χ4v) is 3.23. The molecule has 1 amide bonds. The maximum absolute atomic E-state index is 12.7. The van der Waals surface area contributed by atoms with Crippen LogP contribution in [0, 0.1) is 0 Å². The zero-order valence-corrected chi connectivity index (χ0v) is 12.3. The van der Waals surface area contributed by atoms with Gasteiger partial charge in [-0.1, -0.05) is 6.07 Å². The first kappa shape index (κ1) is 13.4. The Balaban J connectivity index is 1.76. The molecule has 2 saturated heterocycles. The lowest BCUT2D eigenvalue weighted by Crippen LogP contribution is -2.39. The van der Waals surface area contributed by atoms with E-state index < -0.39 is 0 Å². The molecule has 0 aliphatic carbocycles. The molecule has 2 aliphatic heterocycles.